The number of aliphatic carboxylic acids is 1. The Bertz CT molecular complexity index is 439. The zero-order valence-corrected chi connectivity index (χ0v) is 12.4. The minimum Gasteiger partial charge on any atom is -0.480 e. The quantitative estimate of drug-likeness (QED) is 0.716. The summed E-state index contributed by atoms with van der Waals surface area (Å²) in [6, 6.07) is 7.85. The average molecular weight is 296 g/mol. The van der Waals surface area contributed by atoms with Gasteiger partial charge in [-0.1, -0.05) is 37.3 Å². The molecule has 5 nitrogen and oxygen atoms in total. The van der Waals surface area contributed by atoms with Gasteiger partial charge in [-0.2, -0.15) is 11.8 Å². The van der Waals surface area contributed by atoms with Gasteiger partial charge < -0.3 is 15.7 Å². The topological polar surface area (TPSA) is 78.4 Å². The maximum absolute atomic E-state index is 11.7. The second-order valence-electron chi connectivity index (χ2n) is 4.48. The highest BCUT2D eigenvalue weighted by Gasteiger charge is 2.20. The van der Waals surface area contributed by atoms with Gasteiger partial charge in [-0.05, 0) is 11.8 Å². The van der Waals surface area contributed by atoms with Crippen LogP contribution in [0.4, 0.5) is 4.79 Å². The van der Waals surface area contributed by atoms with Gasteiger partial charge in [0, 0.05) is 18.2 Å². The SMILES string of the molecule is CSC(C)CNC(=O)N[C@@H](Cc1ccccc1)C(=O)O. The van der Waals surface area contributed by atoms with E-state index in [1.807, 2.05) is 43.5 Å². The number of hydrogen-bond acceptors (Lipinski definition) is 3. The molecule has 1 rings (SSSR count). The van der Waals surface area contributed by atoms with Gasteiger partial charge in [-0.3, -0.25) is 0 Å². The van der Waals surface area contributed by atoms with Crippen molar-refractivity contribution in [2.45, 2.75) is 24.6 Å². The summed E-state index contributed by atoms with van der Waals surface area (Å²) in [6.07, 6.45) is 2.22. The van der Waals surface area contributed by atoms with E-state index in [9.17, 15) is 9.59 Å². The maximum Gasteiger partial charge on any atom is 0.326 e. The van der Waals surface area contributed by atoms with Gasteiger partial charge in [0.1, 0.15) is 6.04 Å². The highest BCUT2D eigenvalue weighted by Crippen LogP contribution is 2.04. The summed E-state index contributed by atoms with van der Waals surface area (Å²) in [6.45, 7) is 2.49. The maximum atomic E-state index is 11.7. The predicted molar refractivity (Wildman–Crippen MR) is 81.1 cm³/mol. The molecule has 0 spiro atoms. The third-order valence-corrected chi connectivity index (χ3v) is 3.81. The molecule has 0 aliphatic carbocycles. The van der Waals surface area contributed by atoms with Crippen molar-refractivity contribution in [1.29, 1.82) is 0 Å². The van der Waals surface area contributed by atoms with Crippen molar-refractivity contribution in [2.24, 2.45) is 0 Å². The molecular formula is C14H20N2O3S. The molecule has 0 aliphatic heterocycles. The van der Waals surface area contributed by atoms with E-state index in [-0.39, 0.29) is 11.7 Å². The first-order valence-electron chi connectivity index (χ1n) is 6.36. The summed E-state index contributed by atoms with van der Waals surface area (Å²) >= 11 is 1.64. The summed E-state index contributed by atoms with van der Waals surface area (Å²) in [5.74, 6) is -1.04. The molecule has 0 fully saturated rings. The van der Waals surface area contributed by atoms with Gasteiger partial charge in [0.2, 0.25) is 0 Å². The van der Waals surface area contributed by atoms with E-state index >= 15 is 0 Å². The number of hydrogen-bond donors (Lipinski definition) is 3. The van der Waals surface area contributed by atoms with Gasteiger partial charge in [0.05, 0.1) is 0 Å². The number of carboxylic acid groups (broad SMARTS) is 1. The fourth-order valence-corrected chi connectivity index (χ4v) is 1.83. The first kappa shape index (κ1) is 16.4. The molecule has 0 aromatic heterocycles. The second kappa shape index (κ2) is 8.47. The molecular weight excluding hydrogens is 276 g/mol. The predicted octanol–water partition coefficient (Wildman–Crippen LogP) is 1.73. The molecule has 1 aromatic rings. The van der Waals surface area contributed by atoms with Crippen LogP contribution < -0.4 is 10.6 Å². The summed E-state index contributed by atoms with van der Waals surface area (Å²) in [4.78, 5) is 22.9. The largest absolute Gasteiger partial charge is 0.480 e. The smallest absolute Gasteiger partial charge is 0.326 e. The van der Waals surface area contributed by atoms with E-state index in [4.69, 9.17) is 5.11 Å². The Labute approximate surface area is 123 Å². The molecule has 0 saturated heterocycles. The molecule has 20 heavy (non-hydrogen) atoms. The van der Waals surface area contributed by atoms with Crippen LogP contribution in [0.15, 0.2) is 30.3 Å². The van der Waals surface area contributed by atoms with Crippen molar-refractivity contribution in [1.82, 2.24) is 10.6 Å². The zero-order chi connectivity index (χ0) is 15.0. The number of amides is 2. The van der Waals surface area contributed by atoms with Crippen LogP contribution >= 0.6 is 11.8 Å². The molecule has 0 bridgehead atoms. The molecule has 1 unspecified atom stereocenters. The fourth-order valence-electron chi connectivity index (χ4n) is 1.58. The molecule has 2 atom stereocenters. The number of carboxylic acids is 1. The summed E-state index contributed by atoms with van der Waals surface area (Å²) in [5.41, 5.74) is 0.873. The van der Waals surface area contributed by atoms with E-state index in [1.165, 1.54) is 0 Å². The third kappa shape index (κ3) is 5.97. The Hall–Kier alpha value is -1.69. The highest BCUT2D eigenvalue weighted by molar-refractivity contribution is 7.99. The molecule has 0 saturated carbocycles. The van der Waals surface area contributed by atoms with Crippen LogP contribution in [0.25, 0.3) is 0 Å². The number of carbonyl (C=O) groups excluding carboxylic acids is 1. The first-order valence-corrected chi connectivity index (χ1v) is 7.65. The number of benzene rings is 1. The standard InChI is InChI=1S/C14H20N2O3S/c1-10(20-2)9-15-14(19)16-12(13(17)18)8-11-6-4-3-5-7-11/h3-7,10,12H,8-9H2,1-2H3,(H,17,18)(H2,15,16,19)/t10?,12-/m0/s1. The van der Waals surface area contributed by atoms with Crippen LogP contribution in [0.5, 0.6) is 0 Å². The Kier molecular flexibility index (Phi) is 6.93. The molecule has 3 N–H and O–H groups in total. The van der Waals surface area contributed by atoms with E-state index in [2.05, 4.69) is 10.6 Å². The normalized spacial score (nSPS) is 13.3. The van der Waals surface area contributed by atoms with Gasteiger partial charge in [0.15, 0.2) is 0 Å². The Balaban J connectivity index is 2.51. The molecule has 110 valence electrons. The van der Waals surface area contributed by atoms with Gasteiger partial charge in [0.25, 0.3) is 0 Å². The lowest BCUT2D eigenvalue weighted by Gasteiger charge is -2.16. The van der Waals surface area contributed by atoms with Crippen LogP contribution in [0, 0.1) is 0 Å². The van der Waals surface area contributed by atoms with Crippen molar-refractivity contribution in [2.75, 3.05) is 12.8 Å². The molecule has 0 aliphatic rings. The Morgan fingerprint density at radius 1 is 1.30 bits per heavy atom. The molecule has 0 radical (unpaired) electrons. The molecule has 2 amide bonds. The van der Waals surface area contributed by atoms with Crippen LogP contribution in [0.2, 0.25) is 0 Å². The zero-order valence-electron chi connectivity index (χ0n) is 11.6. The van der Waals surface area contributed by atoms with Gasteiger partial charge >= 0.3 is 12.0 Å². The number of rotatable bonds is 7. The van der Waals surface area contributed by atoms with Gasteiger partial charge in [-0.15, -0.1) is 0 Å². The highest BCUT2D eigenvalue weighted by atomic mass is 32.2. The first-order chi connectivity index (χ1) is 9.52. The van der Waals surface area contributed by atoms with Crippen LogP contribution in [-0.4, -0.2) is 41.2 Å². The average Bonchev–Trinajstić information content (AvgIpc) is 2.45. The molecule has 1 aromatic carbocycles. The monoisotopic (exact) mass is 296 g/mol. The number of carbonyl (C=O) groups is 2. The summed E-state index contributed by atoms with van der Waals surface area (Å²) in [7, 11) is 0. The Morgan fingerprint density at radius 2 is 1.95 bits per heavy atom. The summed E-state index contributed by atoms with van der Waals surface area (Å²) in [5, 5.41) is 14.6. The number of urea groups is 1. The molecule has 0 heterocycles. The van der Waals surface area contributed by atoms with Gasteiger partial charge in [-0.25, -0.2) is 9.59 Å². The van der Waals surface area contributed by atoms with Crippen LogP contribution in [-0.2, 0) is 11.2 Å². The van der Waals surface area contributed by atoms with E-state index in [1.54, 1.807) is 11.8 Å². The fraction of sp³-hybridized carbons (Fsp3) is 0.429. The lowest BCUT2D eigenvalue weighted by Crippen LogP contribution is -2.48. The van der Waals surface area contributed by atoms with Crippen molar-refractivity contribution in [3.8, 4) is 0 Å². The third-order valence-electron chi connectivity index (χ3n) is 2.84. The van der Waals surface area contributed by atoms with E-state index < -0.39 is 18.0 Å². The van der Waals surface area contributed by atoms with Crippen molar-refractivity contribution < 1.29 is 14.7 Å². The lowest BCUT2D eigenvalue weighted by molar-refractivity contribution is -0.139. The Morgan fingerprint density at radius 3 is 2.50 bits per heavy atom. The lowest BCUT2D eigenvalue weighted by atomic mass is 10.1. The minimum absolute atomic E-state index is 0.266. The van der Waals surface area contributed by atoms with Crippen LogP contribution in [0.3, 0.4) is 0 Å². The van der Waals surface area contributed by atoms with Crippen molar-refractivity contribution >= 4 is 23.8 Å². The molecule has 6 heteroatoms. The summed E-state index contributed by atoms with van der Waals surface area (Å²) < 4.78 is 0. The van der Waals surface area contributed by atoms with Crippen molar-refractivity contribution in [3.63, 3.8) is 0 Å². The van der Waals surface area contributed by atoms with E-state index in [0.717, 1.165) is 5.56 Å². The number of nitrogens with one attached hydrogen (secondary N) is 2. The number of thioether (sulfide) groups is 1. The van der Waals surface area contributed by atoms with E-state index in [0.29, 0.717) is 6.54 Å². The minimum atomic E-state index is -1.04. The second-order valence-corrected chi connectivity index (χ2v) is 5.76. The van der Waals surface area contributed by atoms with Crippen LogP contribution in [0.1, 0.15) is 12.5 Å². The van der Waals surface area contributed by atoms with Crippen molar-refractivity contribution in [3.05, 3.63) is 35.9 Å².